The number of hydrogen-bond acceptors (Lipinski definition) is 5. The summed E-state index contributed by atoms with van der Waals surface area (Å²) in [4.78, 5) is 1.26. The first-order valence-electron chi connectivity index (χ1n) is 5.62. The molecule has 0 aliphatic carbocycles. The van der Waals surface area contributed by atoms with Gasteiger partial charge in [-0.1, -0.05) is 6.07 Å². The van der Waals surface area contributed by atoms with Crippen molar-refractivity contribution in [3.8, 4) is 0 Å². The number of anilines is 2. The van der Waals surface area contributed by atoms with Crippen LogP contribution in [0.15, 0.2) is 40.6 Å². The number of benzene rings is 1. The zero-order chi connectivity index (χ0) is 13.9. The van der Waals surface area contributed by atoms with E-state index < -0.39 is 10.0 Å². The molecule has 102 valence electrons. The summed E-state index contributed by atoms with van der Waals surface area (Å²) in [6.45, 7) is 0.576. The molecular weight excluding hydrogens is 282 g/mol. The fraction of sp³-hybridized carbons (Fsp3) is 0.167. The molecule has 0 saturated carbocycles. The summed E-state index contributed by atoms with van der Waals surface area (Å²) in [6, 6.07) is 8.51. The first kappa shape index (κ1) is 13.9. The first-order chi connectivity index (χ1) is 9.03. The Balaban J connectivity index is 2.14. The summed E-state index contributed by atoms with van der Waals surface area (Å²) in [5, 5.41) is 5.09. The second-order valence-electron chi connectivity index (χ2n) is 3.89. The number of nitrogens with two attached hydrogens (primary N) is 1. The number of sulfonamides is 1. The molecule has 0 atom stereocenters. The second kappa shape index (κ2) is 5.60. The Morgan fingerprint density at radius 3 is 2.74 bits per heavy atom. The zero-order valence-electron chi connectivity index (χ0n) is 10.4. The van der Waals surface area contributed by atoms with Gasteiger partial charge in [0.05, 0.1) is 11.4 Å². The van der Waals surface area contributed by atoms with Gasteiger partial charge >= 0.3 is 0 Å². The van der Waals surface area contributed by atoms with E-state index >= 15 is 0 Å². The maximum Gasteiger partial charge on any atom is 0.240 e. The van der Waals surface area contributed by atoms with Crippen molar-refractivity contribution in [2.24, 2.45) is 0 Å². The van der Waals surface area contributed by atoms with Gasteiger partial charge < -0.3 is 11.1 Å². The van der Waals surface area contributed by atoms with Crippen molar-refractivity contribution < 1.29 is 8.42 Å². The lowest BCUT2D eigenvalue weighted by Gasteiger charge is -2.08. The van der Waals surface area contributed by atoms with Crippen LogP contribution in [0.3, 0.4) is 0 Å². The van der Waals surface area contributed by atoms with E-state index in [0.29, 0.717) is 6.54 Å². The number of hydrogen-bond donors (Lipinski definition) is 3. The average Bonchev–Trinajstić information content (AvgIpc) is 2.82. The third kappa shape index (κ3) is 3.25. The molecule has 7 heteroatoms. The van der Waals surface area contributed by atoms with Crippen molar-refractivity contribution in [1.82, 2.24) is 4.72 Å². The van der Waals surface area contributed by atoms with Gasteiger partial charge in [-0.25, -0.2) is 13.1 Å². The normalized spacial score (nSPS) is 11.4. The fourth-order valence-electron chi connectivity index (χ4n) is 1.57. The van der Waals surface area contributed by atoms with Crippen molar-refractivity contribution >= 4 is 32.7 Å². The zero-order valence-corrected chi connectivity index (χ0v) is 12.0. The summed E-state index contributed by atoms with van der Waals surface area (Å²) >= 11 is 1.56. The topological polar surface area (TPSA) is 84.2 Å². The smallest absolute Gasteiger partial charge is 0.240 e. The minimum Gasteiger partial charge on any atom is -0.398 e. The SMILES string of the molecule is CNS(=O)(=O)c1cccc(NCc2sccc2N)c1. The molecular formula is C12H15N3O2S2. The van der Waals surface area contributed by atoms with Crippen LogP contribution < -0.4 is 15.8 Å². The highest BCUT2D eigenvalue weighted by molar-refractivity contribution is 7.89. The van der Waals surface area contributed by atoms with Crippen LogP contribution in [0, 0.1) is 0 Å². The second-order valence-corrected chi connectivity index (χ2v) is 6.78. The Labute approximate surface area is 116 Å². The highest BCUT2D eigenvalue weighted by Crippen LogP contribution is 2.21. The van der Waals surface area contributed by atoms with Crippen LogP contribution in [0.5, 0.6) is 0 Å². The van der Waals surface area contributed by atoms with E-state index in [1.807, 2.05) is 17.5 Å². The molecule has 2 aromatic rings. The molecule has 0 fully saturated rings. The van der Waals surface area contributed by atoms with Crippen LogP contribution in [0.25, 0.3) is 0 Å². The third-order valence-electron chi connectivity index (χ3n) is 2.65. The quantitative estimate of drug-likeness (QED) is 0.786. The first-order valence-corrected chi connectivity index (χ1v) is 7.98. The molecule has 0 unspecified atom stereocenters. The van der Waals surface area contributed by atoms with E-state index in [2.05, 4.69) is 10.0 Å². The van der Waals surface area contributed by atoms with E-state index in [0.717, 1.165) is 16.3 Å². The van der Waals surface area contributed by atoms with Crippen LogP contribution >= 0.6 is 11.3 Å². The largest absolute Gasteiger partial charge is 0.398 e. The Bertz CT molecular complexity index is 665. The molecule has 2 rings (SSSR count). The Morgan fingerprint density at radius 1 is 1.32 bits per heavy atom. The summed E-state index contributed by atoms with van der Waals surface area (Å²) in [7, 11) is -2.02. The van der Waals surface area contributed by atoms with E-state index in [4.69, 9.17) is 5.73 Å². The average molecular weight is 297 g/mol. The minimum absolute atomic E-state index is 0.235. The molecule has 0 radical (unpaired) electrons. The van der Waals surface area contributed by atoms with Crippen LogP contribution in [0.2, 0.25) is 0 Å². The van der Waals surface area contributed by atoms with Gasteiger partial charge in [-0.3, -0.25) is 0 Å². The predicted molar refractivity (Wildman–Crippen MR) is 78.7 cm³/mol. The molecule has 0 saturated heterocycles. The van der Waals surface area contributed by atoms with Crippen molar-refractivity contribution in [1.29, 1.82) is 0 Å². The Hall–Kier alpha value is -1.57. The van der Waals surface area contributed by atoms with Crippen molar-refractivity contribution in [2.75, 3.05) is 18.1 Å². The predicted octanol–water partition coefficient (Wildman–Crippen LogP) is 1.85. The summed E-state index contributed by atoms with van der Waals surface area (Å²) in [5.41, 5.74) is 7.28. The Kier molecular flexibility index (Phi) is 4.08. The minimum atomic E-state index is -3.41. The molecule has 1 heterocycles. The van der Waals surface area contributed by atoms with Gasteiger partial charge in [0.1, 0.15) is 0 Å². The molecule has 0 aliphatic heterocycles. The lowest BCUT2D eigenvalue weighted by Crippen LogP contribution is -2.18. The van der Waals surface area contributed by atoms with Crippen molar-refractivity contribution in [2.45, 2.75) is 11.4 Å². The standard InChI is InChI=1S/C12H15N3O2S2/c1-14-19(16,17)10-4-2-3-9(7-10)15-8-12-11(13)5-6-18-12/h2-7,14-15H,8,13H2,1H3. The van der Waals surface area contributed by atoms with Gasteiger partial charge in [0, 0.05) is 16.3 Å². The highest BCUT2D eigenvalue weighted by atomic mass is 32.2. The van der Waals surface area contributed by atoms with Crippen LogP contribution in [0.1, 0.15) is 4.88 Å². The van der Waals surface area contributed by atoms with Gasteiger partial charge in [-0.05, 0) is 36.7 Å². The van der Waals surface area contributed by atoms with Crippen molar-refractivity contribution in [3.63, 3.8) is 0 Å². The molecule has 0 spiro atoms. The number of nitrogen functional groups attached to an aromatic ring is 1. The molecule has 0 amide bonds. The molecule has 0 aliphatic rings. The number of nitrogens with one attached hydrogen (secondary N) is 2. The Morgan fingerprint density at radius 2 is 2.11 bits per heavy atom. The molecule has 0 bridgehead atoms. The lowest BCUT2D eigenvalue weighted by atomic mass is 10.3. The van der Waals surface area contributed by atoms with Gasteiger partial charge in [-0.15, -0.1) is 11.3 Å². The number of thiophene rings is 1. The van der Waals surface area contributed by atoms with Gasteiger partial charge in [-0.2, -0.15) is 0 Å². The summed E-state index contributed by atoms with van der Waals surface area (Å²) < 4.78 is 25.7. The van der Waals surface area contributed by atoms with Gasteiger partial charge in [0.2, 0.25) is 10.0 Å². The maximum absolute atomic E-state index is 11.7. The van der Waals surface area contributed by atoms with Crippen molar-refractivity contribution in [3.05, 3.63) is 40.6 Å². The van der Waals surface area contributed by atoms with Crippen LogP contribution in [0.4, 0.5) is 11.4 Å². The molecule has 5 nitrogen and oxygen atoms in total. The van der Waals surface area contributed by atoms with Gasteiger partial charge in [0.15, 0.2) is 0 Å². The molecule has 4 N–H and O–H groups in total. The highest BCUT2D eigenvalue weighted by Gasteiger charge is 2.11. The number of rotatable bonds is 5. The van der Waals surface area contributed by atoms with Crippen LogP contribution in [-0.4, -0.2) is 15.5 Å². The van der Waals surface area contributed by atoms with E-state index in [9.17, 15) is 8.42 Å². The van der Waals surface area contributed by atoms with E-state index in [-0.39, 0.29) is 4.90 Å². The summed E-state index contributed by atoms with van der Waals surface area (Å²) in [6.07, 6.45) is 0. The monoisotopic (exact) mass is 297 g/mol. The maximum atomic E-state index is 11.7. The fourth-order valence-corrected chi connectivity index (χ4v) is 3.08. The molecule has 1 aromatic heterocycles. The van der Waals surface area contributed by atoms with E-state index in [1.165, 1.54) is 7.05 Å². The molecule has 1 aromatic carbocycles. The van der Waals surface area contributed by atoms with Crippen LogP contribution in [-0.2, 0) is 16.6 Å². The lowest BCUT2D eigenvalue weighted by molar-refractivity contribution is 0.588. The third-order valence-corrected chi connectivity index (χ3v) is 4.99. The summed E-state index contributed by atoms with van der Waals surface area (Å²) in [5.74, 6) is 0. The van der Waals surface area contributed by atoms with E-state index in [1.54, 1.807) is 29.5 Å². The molecule has 19 heavy (non-hydrogen) atoms. The van der Waals surface area contributed by atoms with Gasteiger partial charge in [0.25, 0.3) is 0 Å².